The Morgan fingerprint density at radius 2 is 1.72 bits per heavy atom. The van der Waals surface area contributed by atoms with Crippen LogP contribution in [0.4, 0.5) is 0 Å². The van der Waals surface area contributed by atoms with Gasteiger partial charge in [-0.1, -0.05) is 24.3 Å². The summed E-state index contributed by atoms with van der Waals surface area (Å²) in [7, 11) is 0. The predicted octanol–water partition coefficient (Wildman–Crippen LogP) is 3.13. The third kappa shape index (κ3) is 3.46. The van der Waals surface area contributed by atoms with Crippen LogP contribution in [0.3, 0.4) is 0 Å². The lowest BCUT2D eigenvalue weighted by atomic mass is 9.96. The van der Waals surface area contributed by atoms with Gasteiger partial charge in [0.2, 0.25) is 0 Å². The Morgan fingerprint density at radius 1 is 1.03 bits per heavy atom. The predicted molar refractivity (Wildman–Crippen MR) is 122 cm³/mol. The molecule has 32 heavy (non-hydrogen) atoms. The molecule has 0 bridgehead atoms. The Morgan fingerprint density at radius 3 is 2.38 bits per heavy atom. The molecule has 2 N–H and O–H groups in total. The summed E-state index contributed by atoms with van der Waals surface area (Å²) in [4.78, 5) is 29.4. The summed E-state index contributed by atoms with van der Waals surface area (Å²) in [5.74, 6) is -0.247. The van der Waals surface area contributed by atoms with E-state index in [1.54, 1.807) is 4.90 Å². The number of aliphatic hydroxyl groups is 1. The third-order valence-corrected chi connectivity index (χ3v) is 6.77. The second-order valence-corrected chi connectivity index (χ2v) is 9.69. The molecule has 1 aromatic heterocycles. The van der Waals surface area contributed by atoms with Crippen molar-refractivity contribution in [1.82, 2.24) is 20.0 Å². The van der Waals surface area contributed by atoms with E-state index in [0.717, 1.165) is 27.7 Å². The number of amides is 2. The van der Waals surface area contributed by atoms with E-state index in [-0.39, 0.29) is 11.8 Å². The molecular formula is C25H28N4O3. The molecule has 0 atom stereocenters. The maximum absolute atomic E-state index is 13.3. The van der Waals surface area contributed by atoms with Crippen molar-refractivity contribution in [2.45, 2.75) is 44.8 Å². The molecule has 1 saturated heterocycles. The van der Waals surface area contributed by atoms with E-state index < -0.39 is 11.1 Å². The molecule has 7 heteroatoms. The molecule has 7 nitrogen and oxygen atoms in total. The van der Waals surface area contributed by atoms with Gasteiger partial charge in [0.15, 0.2) is 0 Å². The van der Waals surface area contributed by atoms with E-state index in [4.69, 9.17) is 0 Å². The van der Waals surface area contributed by atoms with Crippen molar-refractivity contribution >= 4 is 22.7 Å². The third-order valence-electron chi connectivity index (χ3n) is 6.77. The topological polar surface area (TPSA) is 89.5 Å². The maximum Gasteiger partial charge on any atom is 0.254 e. The van der Waals surface area contributed by atoms with Crippen molar-refractivity contribution in [2.24, 2.45) is 0 Å². The normalized spacial score (nSPS) is 19.2. The second kappa shape index (κ2) is 7.17. The molecule has 0 spiro atoms. The number of nitrogens with zero attached hydrogens (tertiary/aromatic N) is 3. The minimum absolute atomic E-state index is 0.0443. The molecule has 166 valence electrons. The van der Waals surface area contributed by atoms with Gasteiger partial charge in [-0.25, -0.2) is 0 Å². The lowest BCUT2D eigenvalue weighted by molar-refractivity contribution is -0.146. The lowest BCUT2D eigenvalue weighted by Gasteiger charge is -2.47. The molecule has 0 unspecified atom stereocenters. The van der Waals surface area contributed by atoms with Crippen LogP contribution in [0, 0.1) is 6.92 Å². The average Bonchev–Trinajstić information content (AvgIpc) is 3.43. The van der Waals surface area contributed by atoms with E-state index in [0.29, 0.717) is 38.0 Å². The summed E-state index contributed by atoms with van der Waals surface area (Å²) in [5, 5.41) is 18.6. The molecule has 1 aliphatic heterocycles. The largest absolute Gasteiger partial charge is 0.380 e. The SMILES string of the molecule is Cc1[nH]nc2cc(-c3ccc(C(=O)N4CCN(C(=O)C5(O)CC5)CC4(C)C)cc3)ccc12. The minimum Gasteiger partial charge on any atom is -0.380 e. The Labute approximate surface area is 187 Å². The first-order valence-corrected chi connectivity index (χ1v) is 11.1. The number of nitrogens with one attached hydrogen (secondary N) is 1. The number of hydrogen-bond donors (Lipinski definition) is 2. The maximum atomic E-state index is 13.3. The molecule has 0 radical (unpaired) electrons. The van der Waals surface area contributed by atoms with Gasteiger partial charge in [-0.15, -0.1) is 0 Å². The highest BCUT2D eigenvalue weighted by molar-refractivity contribution is 5.96. The monoisotopic (exact) mass is 432 g/mol. The standard InChI is InChI=1S/C25H28N4O3/c1-16-20-9-8-19(14-21(20)27-26-16)17-4-6-18(7-5-17)22(30)29-13-12-28(15-24(29,2)3)23(31)25(32)10-11-25/h4-9,14,32H,10-13,15H2,1-3H3,(H,26,27). The molecule has 1 saturated carbocycles. The molecule has 2 amide bonds. The van der Waals surface area contributed by atoms with Crippen LogP contribution in [0.5, 0.6) is 0 Å². The van der Waals surface area contributed by atoms with Crippen molar-refractivity contribution in [3.63, 3.8) is 0 Å². The Balaban J connectivity index is 1.32. The van der Waals surface area contributed by atoms with Gasteiger partial charge in [-0.05, 0) is 62.9 Å². The first kappa shape index (κ1) is 20.7. The molecule has 3 aromatic rings. The van der Waals surface area contributed by atoms with Gasteiger partial charge in [0.25, 0.3) is 11.8 Å². The van der Waals surface area contributed by atoms with Gasteiger partial charge in [0, 0.05) is 36.3 Å². The minimum atomic E-state index is -1.17. The number of aromatic nitrogens is 2. The van der Waals surface area contributed by atoms with E-state index >= 15 is 0 Å². The van der Waals surface area contributed by atoms with Crippen LogP contribution in [0.15, 0.2) is 42.5 Å². The summed E-state index contributed by atoms with van der Waals surface area (Å²) in [6, 6.07) is 13.8. The lowest BCUT2D eigenvalue weighted by Crippen LogP contribution is -2.63. The molecule has 2 fully saturated rings. The zero-order valence-corrected chi connectivity index (χ0v) is 18.7. The number of aryl methyl sites for hydroxylation is 1. The summed E-state index contributed by atoms with van der Waals surface area (Å²) in [6.45, 7) is 7.25. The van der Waals surface area contributed by atoms with Crippen molar-refractivity contribution in [3.05, 3.63) is 53.7 Å². The highest BCUT2D eigenvalue weighted by atomic mass is 16.3. The van der Waals surface area contributed by atoms with E-state index in [1.165, 1.54) is 0 Å². The molecule has 5 rings (SSSR count). The van der Waals surface area contributed by atoms with Crippen LogP contribution in [0.1, 0.15) is 42.7 Å². The Bertz CT molecular complexity index is 1210. The fourth-order valence-corrected chi connectivity index (χ4v) is 4.62. The quantitative estimate of drug-likeness (QED) is 0.666. The summed E-state index contributed by atoms with van der Waals surface area (Å²) in [6.07, 6.45) is 1.06. The van der Waals surface area contributed by atoms with E-state index in [1.807, 2.05) is 56.0 Å². The number of carbonyl (C=O) groups excluding carboxylic acids is 2. The van der Waals surface area contributed by atoms with Gasteiger partial charge >= 0.3 is 0 Å². The molecule has 1 aliphatic carbocycles. The van der Waals surface area contributed by atoms with E-state index in [2.05, 4.69) is 22.3 Å². The number of H-pyrrole nitrogens is 1. The first-order valence-electron chi connectivity index (χ1n) is 11.1. The first-order chi connectivity index (χ1) is 15.2. The number of carbonyl (C=O) groups is 2. The number of rotatable bonds is 3. The van der Waals surface area contributed by atoms with Crippen molar-refractivity contribution in [3.8, 4) is 11.1 Å². The summed E-state index contributed by atoms with van der Waals surface area (Å²) in [5.41, 5.74) is 2.98. The number of benzene rings is 2. The molecule has 2 aliphatic rings. The van der Waals surface area contributed by atoms with E-state index in [9.17, 15) is 14.7 Å². The van der Waals surface area contributed by atoms with Crippen molar-refractivity contribution < 1.29 is 14.7 Å². The van der Waals surface area contributed by atoms with Crippen LogP contribution in [-0.2, 0) is 4.79 Å². The summed E-state index contributed by atoms with van der Waals surface area (Å²) < 4.78 is 0. The number of fused-ring (bicyclic) bond motifs is 1. The average molecular weight is 433 g/mol. The number of piperazine rings is 1. The number of aromatic amines is 1. The van der Waals surface area contributed by atoms with Crippen molar-refractivity contribution in [1.29, 1.82) is 0 Å². The highest BCUT2D eigenvalue weighted by Crippen LogP contribution is 2.38. The second-order valence-electron chi connectivity index (χ2n) is 9.69. The van der Waals surface area contributed by atoms with Crippen molar-refractivity contribution in [2.75, 3.05) is 19.6 Å². The van der Waals surface area contributed by atoms with Gasteiger partial charge < -0.3 is 14.9 Å². The van der Waals surface area contributed by atoms with Gasteiger partial charge in [-0.3, -0.25) is 14.7 Å². The summed E-state index contributed by atoms with van der Waals surface area (Å²) >= 11 is 0. The molecule has 2 heterocycles. The molecular weight excluding hydrogens is 404 g/mol. The fraction of sp³-hybridized carbons (Fsp3) is 0.400. The smallest absolute Gasteiger partial charge is 0.254 e. The van der Waals surface area contributed by atoms with Crippen LogP contribution in [0.2, 0.25) is 0 Å². The molecule has 2 aromatic carbocycles. The van der Waals surface area contributed by atoms with Crippen LogP contribution in [0.25, 0.3) is 22.0 Å². The fourth-order valence-electron chi connectivity index (χ4n) is 4.62. The van der Waals surface area contributed by atoms with Gasteiger partial charge in [0.05, 0.1) is 11.1 Å². The van der Waals surface area contributed by atoms with Crippen LogP contribution >= 0.6 is 0 Å². The zero-order chi connectivity index (χ0) is 22.7. The van der Waals surface area contributed by atoms with Crippen LogP contribution < -0.4 is 0 Å². The zero-order valence-electron chi connectivity index (χ0n) is 18.7. The van der Waals surface area contributed by atoms with Gasteiger partial charge in [0.1, 0.15) is 5.60 Å². The Kier molecular flexibility index (Phi) is 4.64. The van der Waals surface area contributed by atoms with Gasteiger partial charge in [-0.2, -0.15) is 5.10 Å². The highest BCUT2D eigenvalue weighted by Gasteiger charge is 2.52. The Hall–Kier alpha value is -3.19. The van der Waals surface area contributed by atoms with Crippen LogP contribution in [-0.4, -0.2) is 67.7 Å². The number of hydrogen-bond acceptors (Lipinski definition) is 4.